The second-order valence-electron chi connectivity index (χ2n) is 6.42. The molecule has 1 fully saturated rings. The van der Waals surface area contributed by atoms with Gasteiger partial charge in [0.15, 0.2) is 0 Å². The van der Waals surface area contributed by atoms with Gasteiger partial charge in [-0.2, -0.15) is 0 Å². The Labute approximate surface area is 165 Å². The van der Waals surface area contributed by atoms with E-state index in [1.165, 1.54) is 4.90 Å². The minimum absolute atomic E-state index is 0.116. The van der Waals surface area contributed by atoms with Crippen LogP contribution in [0.3, 0.4) is 0 Å². The highest BCUT2D eigenvalue weighted by atomic mass is 79.9. The zero-order valence-corrected chi connectivity index (χ0v) is 16.6. The number of rotatable bonds is 5. The lowest BCUT2D eigenvalue weighted by molar-refractivity contribution is -0.126. The van der Waals surface area contributed by atoms with Gasteiger partial charge in [0.1, 0.15) is 10.4 Å². The number of ether oxygens (including phenoxy) is 1. The summed E-state index contributed by atoms with van der Waals surface area (Å²) in [5, 5.41) is 9.02. The molecule has 0 saturated carbocycles. The molecule has 1 aliphatic rings. The Hall–Kier alpha value is -2.61. The molecule has 0 spiro atoms. The molecule has 0 atom stereocenters. The van der Waals surface area contributed by atoms with Crippen molar-refractivity contribution in [2.45, 2.75) is 13.5 Å². The molecule has 2 heterocycles. The predicted octanol–water partition coefficient (Wildman–Crippen LogP) is 3.30. The molecule has 1 aromatic heterocycles. The molecule has 1 N–H and O–H groups in total. The summed E-state index contributed by atoms with van der Waals surface area (Å²) in [5.74, 6) is 0.271. The van der Waals surface area contributed by atoms with Gasteiger partial charge in [-0.3, -0.25) is 4.79 Å². The van der Waals surface area contributed by atoms with E-state index >= 15 is 0 Å². The maximum atomic E-state index is 13.1. The van der Waals surface area contributed by atoms with Crippen LogP contribution in [0, 0.1) is 12.8 Å². The summed E-state index contributed by atoms with van der Waals surface area (Å²) in [6.45, 7) is 2.66. The van der Waals surface area contributed by atoms with E-state index in [1.807, 2.05) is 43.3 Å². The van der Waals surface area contributed by atoms with Gasteiger partial charge in [-0.25, -0.2) is 9.78 Å². The first kappa shape index (κ1) is 19.2. The number of aryl methyl sites for hydroxylation is 1. The molecule has 0 radical (unpaired) electrons. The van der Waals surface area contributed by atoms with Gasteiger partial charge in [0, 0.05) is 18.8 Å². The van der Waals surface area contributed by atoms with Crippen LogP contribution in [-0.2, 0) is 11.3 Å². The van der Waals surface area contributed by atoms with Gasteiger partial charge in [0.2, 0.25) is 5.91 Å². The van der Waals surface area contributed by atoms with E-state index in [0.717, 1.165) is 17.0 Å². The maximum absolute atomic E-state index is 13.1. The number of likely N-dealkylation sites (tertiary alicyclic amines) is 1. The van der Waals surface area contributed by atoms with Crippen molar-refractivity contribution in [3.8, 4) is 5.75 Å². The summed E-state index contributed by atoms with van der Waals surface area (Å²) in [4.78, 5) is 31.4. The van der Waals surface area contributed by atoms with Crippen molar-refractivity contribution in [1.29, 1.82) is 0 Å². The zero-order chi connectivity index (χ0) is 19.6. The number of amides is 2. The average Bonchev–Trinajstić information content (AvgIpc) is 2.59. The number of pyridine rings is 1. The Bertz CT molecular complexity index is 851. The van der Waals surface area contributed by atoms with Gasteiger partial charge in [0.05, 0.1) is 25.3 Å². The average molecular weight is 434 g/mol. The number of hydrogen-bond donors (Lipinski definition) is 1. The highest BCUT2D eigenvalue weighted by Gasteiger charge is 2.38. The monoisotopic (exact) mass is 433 g/mol. The normalized spacial score (nSPS) is 13.8. The minimum Gasteiger partial charge on any atom is -0.497 e. The number of halogens is 1. The zero-order valence-electron chi connectivity index (χ0n) is 15.1. The number of hydrogen-bond acceptors (Lipinski definition) is 4. The molecule has 2 aromatic rings. The van der Waals surface area contributed by atoms with Crippen LogP contribution in [0.5, 0.6) is 5.75 Å². The molecule has 1 aromatic carbocycles. The summed E-state index contributed by atoms with van der Waals surface area (Å²) in [5.41, 5.74) is 2.43. The summed E-state index contributed by atoms with van der Waals surface area (Å²) < 4.78 is 5.76. The van der Waals surface area contributed by atoms with Gasteiger partial charge in [-0.05, 0) is 52.7 Å². The third kappa shape index (κ3) is 4.21. The van der Waals surface area contributed by atoms with E-state index < -0.39 is 6.09 Å². The third-order valence-electron chi connectivity index (χ3n) is 4.53. The summed E-state index contributed by atoms with van der Waals surface area (Å²) >= 11 is 3.45. The Morgan fingerprint density at radius 2 is 1.93 bits per heavy atom. The van der Waals surface area contributed by atoms with Crippen molar-refractivity contribution >= 4 is 33.6 Å². The maximum Gasteiger partial charge on any atom is 0.407 e. The quantitative estimate of drug-likeness (QED) is 0.731. The first-order chi connectivity index (χ1) is 12.9. The molecular weight excluding hydrogens is 414 g/mol. The van der Waals surface area contributed by atoms with Crippen LogP contribution in [0.15, 0.2) is 41.0 Å². The van der Waals surface area contributed by atoms with Crippen molar-refractivity contribution < 1.29 is 19.4 Å². The van der Waals surface area contributed by atoms with Gasteiger partial charge in [0.25, 0.3) is 0 Å². The van der Waals surface area contributed by atoms with Crippen LogP contribution in [0.2, 0.25) is 0 Å². The molecule has 1 saturated heterocycles. The van der Waals surface area contributed by atoms with Crippen molar-refractivity contribution in [3.05, 3.63) is 52.3 Å². The van der Waals surface area contributed by atoms with E-state index in [4.69, 9.17) is 9.84 Å². The summed E-state index contributed by atoms with van der Waals surface area (Å²) in [7, 11) is 1.60. The van der Waals surface area contributed by atoms with E-state index in [9.17, 15) is 9.59 Å². The van der Waals surface area contributed by atoms with Gasteiger partial charge < -0.3 is 19.6 Å². The smallest absolute Gasteiger partial charge is 0.407 e. The van der Waals surface area contributed by atoms with Gasteiger partial charge in [-0.15, -0.1) is 0 Å². The van der Waals surface area contributed by atoms with E-state index in [0.29, 0.717) is 16.8 Å². The molecule has 7 nitrogen and oxygen atoms in total. The Balaban J connectivity index is 1.86. The van der Waals surface area contributed by atoms with Crippen molar-refractivity contribution in [1.82, 2.24) is 9.88 Å². The first-order valence-electron chi connectivity index (χ1n) is 8.44. The number of nitrogens with zero attached hydrogens (tertiary/aromatic N) is 3. The lowest BCUT2D eigenvalue weighted by atomic mass is 9.98. The van der Waals surface area contributed by atoms with Crippen LogP contribution in [-0.4, -0.2) is 47.2 Å². The van der Waals surface area contributed by atoms with E-state index in [1.54, 1.807) is 12.0 Å². The second-order valence-corrected chi connectivity index (χ2v) is 7.17. The van der Waals surface area contributed by atoms with Gasteiger partial charge >= 0.3 is 6.09 Å². The molecule has 2 amide bonds. The molecule has 27 heavy (non-hydrogen) atoms. The number of carbonyl (C=O) groups excluding carboxylic acids is 1. The standard InChI is InChI=1S/C19H20BrN3O4/c1-12-3-8-16(17(20)21-12)23(9-13-4-6-15(27-2)7-5-13)18(24)14-10-22(11-14)19(25)26/h3-8,14H,9-11H2,1-2H3,(H,25,26). The number of carbonyl (C=O) groups is 2. The number of aromatic nitrogens is 1. The Morgan fingerprint density at radius 3 is 2.48 bits per heavy atom. The van der Waals surface area contributed by atoms with Crippen LogP contribution in [0.4, 0.5) is 10.5 Å². The topological polar surface area (TPSA) is 83.0 Å². The van der Waals surface area contributed by atoms with Crippen molar-refractivity contribution in [2.24, 2.45) is 5.92 Å². The highest BCUT2D eigenvalue weighted by molar-refractivity contribution is 9.10. The molecule has 0 bridgehead atoms. The fraction of sp³-hybridized carbons (Fsp3) is 0.316. The molecule has 1 aliphatic heterocycles. The van der Waals surface area contributed by atoms with Crippen molar-refractivity contribution in [2.75, 3.05) is 25.1 Å². The minimum atomic E-state index is -1.00. The second kappa shape index (κ2) is 7.96. The van der Waals surface area contributed by atoms with Crippen LogP contribution < -0.4 is 9.64 Å². The predicted molar refractivity (Wildman–Crippen MR) is 104 cm³/mol. The molecule has 142 valence electrons. The largest absolute Gasteiger partial charge is 0.497 e. The van der Waals surface area contributed by atoms with Crippen LogP contribution in [0.25, 0.3) is 0 Å². The number of benzene rings is 1. The van der Waals surface area contributed by atoms with Crippen LogP contribution in [0.1, 0.15) is 11.3 Å². The number of anilines is 1. The fourth-order valence-electron chi connectivity index (χ4n) is 2.93. The van der Waals surface area contributed by atoms with E-state index in [2.05, 4.69) is 20.9 Å². The van der Waals surface area contributed by atoms with Gasteiger partial charge in [-0.1, -0.05) is 12.1 Å². The SMILES string of the molecule is COc1ccc(CN(C(=O)C2CN(C(=O)O)C2)c2ccc(C)nc2Br)cc1. The van der Waals surface area contributed by atoms with Crippen LogP contribution >= 0.6 is 15.9 Å². The molecular formula is C19H20BrN3O4. The molecule has 0 aliphatic carbocycles. The van der Waals surface area contributed by atoms with Crippen molar-refractivity contribution in [3.63, 3.8) is 0 Å². The van der Waals surface area contributed by atoms with E-state index in [-0.39, 0.29) is 24.9 Å². The summed E-state index contributed by atoms with van der Waals surface area (Å²) in [6, 6.07) is 11.2. The lowest BCUT2D eigenvalue weighted by Gasteiger charge is -2.39. The fourth-order valence-corrected chi connectivity index (χ4v) is 3.55. The number of carboxylic acid groups (broad SMARTS) is 1. The summed E-state index contributed by atoms with van der Waals surface area (Å²) in [6.07, 6.45) is -1.00. The first-order valence-corrected chi connectivity index (χ1v) is 9.23. The highest BCUT2D eigenvalue weighted by Crippen LogP contribution is 2.30. The lowest BCUT2D eigenvalue weighted by Crippen LogP contribution is -2.56. The molecule has 0 unspecified atom stereocenters. The Kier molecular flexibility index (Phi) is 5.65. The molecule has 3 rings (SSSR count). The Morgan fingerprint density at radius 1 is 1.26 bits per heavy atom. The third-order valence-corrected chi connectivity index (χ3v) is 5.11. The molecule has 8 heteroatoms. The number of methoxy groups -OCH3 is 1.